The molecule has 1 unspecified atom stereocenters. The van der Waals surface area contributed by atoms with Gasteiger partial charge in [-0.1, -0.05) is 25.0 Å². The number of rotatable bonds is 3. The summed E-state index contributed by atoms with van der Waals surface area (Å²) in [6.07, 6.45) is 13.5. The van der Waals surface area contributed by atoms with E-state index < -0.39 is 0 Å². The van der Waals surface area contributed by atoms with Crippen LogP contribution in [0.2, 0.25) is 0 Å². The average molecular weight is 251 g/mol. The number of allylic oxidation sites excluding steroid dienone is 1. The second kappa shape index (κ2) is 6.21. The van der Waals surface area contributed by atoms with Crippen LogP contribution in [0.25, 0.3) is 0 Å². The average Bonchev–Trinajstić information content (AvgIpc) is 2.68. The first-order valence-electron chi connectivity index (χ1n) is 7.67. The highest BCUT2D eigenvalue weighted by Crippen LogP contribution is 2.39. The van der Waals surface area contributed by atoms with E-state index in [-0.39, 0.29) is 11.6 Å². The number of hydrogen-bond acceptors (Lipinski definition) is 2. The zero-order chi connectivity index (χ0) is 13.0. The highest BCUT2D eigenvalue weighted by molar-refractivity contribution is 5.18. The van der Waals surface area contributed by atoms with Crippen molar-refractivity contribution < 1.29 is 4.74 Å². The third-order valence-electron chi connectivity index (χ3n) is 5.07. The molecule has 2 aliphatic rings. The summed E-state index contributed by atoms with van der Waals surface area (Å²) in [6.45, 7) is 2.34. The van der Waals surface area contributed by atoms with E-state index in [9.17, 15) is 0 Å². The van der Waals surface area contributed by atoms with Gasteiger partial charge in [-0.3, -0.25) is 0 Å². The normalized spacial score (nSPS) is 35.7. The van der Waals surface area contributed by atoms with Crippen molar-refractivity contribution in [3.63, 3.8) is 0 Å². The van der Waals surface area contributed by atoms with Crippen LogP contribution in [0.15, 0.2) is 11.6 Å². The molecule has 0 aliphatic heterocycles. The van der Waals surface area contributed by atoms with E-state index in [1.54, 1.807) is 0 Å². The number of ether oxygens (including phenoxy) is 1. The lowest BCUT2D eigenvalue weighted by atomic mass is 9.73. The lowest BCUT2D eigenvalue weighted by Crippen LogP contribution is -2.52. The molecule has 18 heavy (non-hydrogen) atoms. The fraction of sp³-hybridized carbons (Fsp3) is 0.875. The molecule has 2 rings (SSSR count). The van der Waals surface area contributed by atoms with Gasteiger partial charge in [-0.25, -0.2) is 0 Å². The van der Waals surface area contributed by atoms with Crippen LogP contribution < -0.4 is 5.73 Å². The summed E-state index contributed by atoms with van der Waals surface area (Å²) in [5.41, 5.74) is 7.97. The molecule has 2 aliphatic carbocycles. The van der Waals surface area contributed by atoms with Gasteiger partial charge in [0.25, 0.3) is 0 Å². The Labute approximate surface area is 112 Å². The first-order chi connectivity index (χ1) is 8.68. The summed E-state index contributed by atoms with van der Waals surface area (Å²) in [5, 5.41) is 0. The molecule has 0 aromatic carbocycles. The molecule has 0 saturated heterocycles. The summed E-state index contributed by atoms with van der Waals surface area (Å²) in [5.74, 6) is 0.837. The lowest BCUT2D eigenvalue weighted by Gasteiger charge is -2.43. The van der Waals surface area contributed by atoms with Crippen LogP contribution in [0.4, 0.5) is 0 Å². The van der Waals surface area contributed by atoms with Crippen molar-refractivity contribution in [2.24, 2.45) is 11.7 Å². The van der Waals surface area contributed by atoms with E-state index in [1.165, 1.54) is 50.5 Å². The van der Waals surface area contributed by atoms with E-state index >= 15 is 0 Å². The SMILES string of the molecule is COC1(C(N)C2=CCCCCC2)CCC(C)CC1. The van der Waals surface area contributed by atoms with Crippen molar-refractivity contribution in [2.45, 2.75) is 76.4 Å². The molecule has 0 aromatic rings. The molecule has 2 N–H and O–H groups in total. The Balaban J connectivity index is 2.08. The second-order valence-corrected chi connectivity index (χ2v) is 6.31. The molecule has 0 radical (unpaired) electrons. The van der Waals surface area contributed by atoms with Crippen LogP contribution in [-0.2, 0) is 4.74 Å². The van der Waals surface area contributed by atoms with Crippen LogP contribution in [0.1, 0.15) is 64.7 Å². The molecular formula is C16H29NO. The molecule has 1 saturated carbocycles. The Morgan fingerprint density at radius 2 is 2.00 bits per heavy atom. The third kappa shape index (κ3) is 2.97. The monoisotopic (exact) mass is 251 g/mol. The Bertz CT molecular complexity index is 289. The van der Waals surface area contributed by atoms with Crippen molar-refractivity contribution in [3.8, 4) is 0 Å². The maximum atomic E-state index is 6.59. The largest absolute Gasteiger partial charge is 0.376 e. The number of methoxy groups -OCH3 is 1. The van der Waals surface area contributed by atoms with E-state index in [4.69, 9.17) is 10.5 Å². The van der Waals surface area contributed by atoms with Gasteiger partial charge in [-0.2, -0.15) is 0 Å². The maximum absolute atomic E-state index is 6.59. The highest BCUT2D eigenvalue weighted by atomic mass is 16.5. The summed E-state index contributed by atoms with van der Waals surface area (Å²) in [6, 6.07) is 0.119. The van der Waals surface area contributed by atoms with Gasteiger partial charge in [0.15, 0.2) is 0 Å². The highest BCUT2D eigenvalue weighted by Gasteiger charge is 2.41. The molecule has 0 amide bonds. The second-order valence-electron chi connectivity index (χ2n) is 6.31. The molecule has 1 atom stereocenters. The first-order valence-corrected chi connectivity index (χ1v) is 7.67. The fourth-order valence-corrected chi connectivity index (χ4v) is 3.55. The van der Waals surface area contributed by atoms with E-state index in [0.717, 1.165) is 18.8 Å². The summed E-state index contributed by atoms with van der Waals surface area (Å²) >= 11 is 0. The van der Waals surface area contributed by atoms with Gasteiger partial charge in [0.2, 0.25) is 0 Å². The van der Waals surface area contributed by atoms with Gasteiger partial charge in [-0.05, 0) is 57.3 Å². The molecule has 2 heteroatoms. The molecule has 2 nitrogen and oxygen atoms in total. The Morgan fingerprint density at radius 3 is 2.67 bits per heavy atom. The van der Waals surface area contributed by atoms with Crippen molar-refractivity contribution in [1.29, 1.82) is 0 Å². The summed E-state index contributed by atoms with van der Waals surface area (Å²) in [7, 11) is 1.85. The van der Waals surface area contributed by atoms with Crippen LogP contribution in [0, 0.1) is 5.92 Å². The molecular weight excluding hydrogens is 222 g/mol. The first kappa shape index (κ1) is 14.1. The molecule has 0 spiro atoms. The zero-order valence-corrected chi connectivity index (χ0v) is 12.1. The number of nitrogens with two attached hydrogens (primary N) is 1. The minimum Gasteiger partial charge on any atom is -0.376 e. The predicted molar refractivity (Wildman–Crippen MR) is 76.5 cm³/mol. The van der Waals surface area contributed by atoms with Crippen LogP contribution in [0.3, 0.4) is 0 Å². The number of hydrogen-bond donors (Lipinski definition) is 1. The molecule has 104 valence electrons. The van der Waals surface area contributed by atoms with Gasteiger partial charge in [-0.15, -0.1) is 0 Å². The van der Waals surface area contributed by atoms with E-state index in [2.05, 4.69) is 13.0 Å². The maximum Gasteiger partial charge on any atom is 0.0867 e. The van der Waals surface area contributed by atoms with Gasteiger partial charge < -0.3 is 10.5 Å². The van der Waals surface area contributed by atoms with Crippen LogP contribution >= 0.6 is 0 Å². The van der Waals surface area contributed by atoms with Crippen molar-refractivity contribution >= 4 is 0 Å². The zero-order valence-electron chi connectivity index (χ0n) is 12.1. The van der Waals surface area contributed by atoms with E-state index in [0.29, 0.717) is 0 Å². The smallest absolute Gasteiger partial charge is 0.0867 e. The quantitative estimate of drug-likeness (QED) is 0.774. The van der Waals surface area contributed by atoms with Crippen molar-refractivity contribution in [3.05, 3.63) is 11.6 Å². The predicted octanol–water partition coefficient (Wildman–Crippen LogP) is 3.80. The van der Waals surface area contributed by atoms with Gasteiger partial charge in [0.05, 0.1) is 11.6 Å². The minimum absolute atomic E-state index is 0.0807. The van der Waals surface area contributed by atoms with Crippen LogP contribution in [-0.4, -0.2) is 18.8 Å². The minimum atomic E-state index is -0.0807. The topological polar surface area (TPSA) is 35.2 Å². The lowest BCUT2D eigenvalue weighted by molar-refractivity contribution is -0.0589. The molecule has 0 bridgehead atoms. The Hall–Kier alpha value is -0.340. The van der Waals surface area contributed by atoms with Crippen molar-refractivity contribution in [2.75, 3.05) is 7.11 Å². The standard InChI is InChI=1S/C16H29NO/c1-13-9-11-16(18-2,12-10-13)15(17)14-7-5-3-4-6-8-14/h7,13,15H,3-6,8-12,17H2,1-2H3. The van der Waals surface area contributed by atoms with E-state index in [1.807, 2.05) is 7.11 Å². The van der Waals surface area contributed by atoms with Crippen molar-refractivity contribution in [1.82, 2.24) is 0 Å². The van der Waals surface area contributed by atoms with Gasteiger partial charge in [0.1, 0.15) is 0 Å². The molecule has 0 heterocycles. The Morgan fingerprint density at radius 1 is 1.28 bits per heavy atom. The fourth-order valence-electron chi connectivity index (χ4n) is 3.55. The van der Waals surface area contributed by atoms with Gasteiger partial charge in [0, 0.05) is 7.11 Å². The Kier molecular flexibility index (Phi) is 4.85. The molecule has 1 fully saturated rings. The summed E-state index contributed by atoms with van der Waals surface area (Å²) < 4.78 is 5.92. The van der Waals surface area contributed by atoms with Crippen LogP contribution in [0.5, 0.6) is 0 Å². The third-order valence-corrected chi connectivity index (χ3v) is 5.07. The molecule has 0 aromatic heterocycles. The summed E-state index contributed by atoms with van der Waals surface area (Å²) in [4.78, 5) is 0. The van der Waals surface area contributed by atoms with Gasteiger partial charge >= 0.3 is 0 Å².